The number of aryl methyl sites for hydroxylation is 2. The largest absolute Gasteiger partial charge is 0.289 e. The van der Waals surface area contributed by atoms with Crippen molar-refractivity contribution in [2.45, 2.75) is 13.8 Å². The van der Waals surface area contributed by atoms with Crippen molar-refractivity contribution in [2.75, 3.05) is 0 Å². The molecule has 0 aliphatic heterocycles. The van der Waals surface area contributed by atoms with Crippen LogP contribution in [-0.2, 0) is 0 Å². The first-order valence-corrected chi connectivity index (χ1v) is 6.43. The van der Waals surface area contributed by atoms with Gasteiger partial charge < -0.3 is 0 Å². The number of halogens is 3. The Balaban J connectivity index is 2.60. The second-order valence-electron chi connectivity index (χ2n) is 4.35. The molecule has 98 valence electrons. The summed E-state index contributed by atoms with van der Waals surface area (Å²) in [5.41, 5.74) is 1.95. The topological polar surface area (TPSA) is 17.1 Å². The van der Waals surface area contributed by atoms with Gasteiger partial charge in [-0.3, -0.25) is 4.79 Å². The predicted octanol–water partition coefficient (Wildman–Crippen LogP) is 4.98. The van der Waals surface area contributed by atoms with E-state index in [2.05, 4.69) is 0 Å². The molecule has 0 saturated heterocycles. The number of carbonyl (C=O) groups is 1. The molecule has 0 unspecified atom stereocenters. The van der Waals surface area contributed by atoms with E-state index in [0.717, 1.165) is 0 Å². The Morgan fingerprint density at radius 3 is 2.26 bits per heavy atom. The van der Waals surface area contributed by atoms with E-state index in [1.165, 1.54) is 12.1 Å². The molecular formula is C15H11Cl2FO. The quantitative estimate of drug-likeness (QED) is 0.714. The van der Waals surface area contributed by atoms with Gasteiger partial charge in [0.1, 0.15) is 5.82 Å². The van der Waals surface area contributed by atoms with Crippen LogP contribution in [0.5, 0.6) is 0 Å². The zero-order valence-corrected chi connectivity index (χ0v) is 11.9. The van der Waals surface area contributed by atoms with E-state index in [9.17, 15) is 9.18 Å². The summed E-state index contributed by atoms with van der Waals surface area (Å²) in [6.45, 7) is 3.39. The Kier molecular flexibility index (Phi) is 3.93. The van der Waals surface area contributed by atoms with Crippen molar-refractivity contribution < 1.29 is 9.18 Å². The maximum Gasteiger partial charge on any atom is 0.195 e. The monoisotopic (exact) mass is 296 g/mol. The van der Waals surface area contributed by atoms with Crippen LogP contribution in [0.2, 0.25) is 10.0 Å². The number of hydrogen-bond donors (Lipinski definition) is 0. The molecular weight excluding hydrogens is 286 g/mol. The number of rotatable bonds is 2. The Labute approximate surface area is 121 Å². The van der Waals surface area contributed by atoms with Crippen LogP contribution in [-0.4, -0.2) is 5.78 Å². The summed E-state index contributed by atoms with van der Waals surface area (Å²) in [5, 5.41) is 0.544. The third kappa shape index (κ3) is 2.65. The highest BCUT2D eigenvalue weighted by molar-refractivity contribution is 6.44. The fourth-order valence-corrected chi connectivity index (χ4v) is 2.47. The normalized spacial score (nSPS) is 10.6. The molecule has 2 rings (SSSR count). The summed E-state index contributed by atoms with van der Waals surface area (Å²) in [5.74, 6) is -0.605. The molecule has 0 fully saturated rings. The van der Waals surface area contributed by atoms with Crippen LogP contribution in [0, 0.1) is 19.7 Å². The zero-order chi connectivity index (χ0) is 14.2. The molecule has 0 aliphatic carbocycles. The third-order valence-electron chi connectivity index (χ3n) is 2.92. The SMILES string of the molecule is Cc1cc(F)cc(C)c1C(=O)c1cccc(Cl)c1Cl. The van der Waals surface area contributed by atoms with Gasteiger partial charge in [-0.05, 0) is 49.2 Å². The summed E-state index contributed by atoms with van der Waals surface area (Å²) in [6, 6.07) is 7.55. The fraction of sp³-hybridized carbons (Fsp3) is 0.133. The summed E-state index contributed by atoms with van der Waals surface area (Å²) < 4.78 is 13.3. The van der Waals surface area contributed by atoms with E-state index < -0.39 is 0 Å². The van der Waals surface area contributed by atoms with Gasteiger partial charge in [0.2, 0.25) is 0 Å². The van der Waals surface area contributed by atoms with Gasteiger partial charge in [0.15, 0.2) is 5.78 Å². The number of ketones is 1. The van der Waals surface area contributed by atoms with Gasteiger partial charge in [0.05, 0.1) is 10.0 Å². The summed E-state index contributed by atoms with van der Waals surface area (Å²) in [7, 11) is 0. The van der Waals surface area contributed by atoms with E-state index in [0.29, 0.717) is 27.3 Å². The molecule has 0 aliphatic rings. The Hall–Kier alpha value is -1.38. The fourth-order valence-electron chi connectivity index (χ4n) is 2.08. The minimum Gasteiger partial charge on any atom is -0.289 e. The first kappa shape index (κ1) is 14.0. The second-order valence-corrected chi connectivity index (χ2v) is 5.13. The third-order valence-corrected chi connectivity index (χ3v) is 3.74. The second kappa shape index (κ2) is 5.32. The molecule has 0 amide bonds. The van der Waals surface area contributed by atoms with Crippen molar-refractivity contribution in [2.24, 2.45) is 0 Å². The zero-order valence-electron chi connectivity index (χ0n) is 10.4. The molecule has 19 heavy (non-hydrogen) atoms. The molecule has 0 saturated carbocycles. The standard InChI is InChI=1S/C15H11Cl2FO/c1-8-6-10(18)7-9(2)13(8)15(19)11-4-3-5-12(16)14(11)17/h3-7H,1-2H3. The Morgan fingerprint density at radius 1 is 1.11 bits per heavy atom. The minimum atomic E-state index is -0.358. The van der Waals surface area contributed by atoms with E-state index >= 15 is 0 Å². The maximum absolute atomic E-state index is 13.3. The molecule has 2 aromatic carbocycles. The lowest BCUT2D eigenvalue weighted by Crippen LogP contribution is -2.07. The highest BCUT2D eigenvalue weighted by Crippen LogP contribution is 2.29. The molecule has 0 heterocycles. The minimum absolute atomic E-state index is 0.220. The molecule has 2 aromatic rings. The van der Waals surface area contributed by atoms with Crippen LogP contribution in [0.3, 0.4) is 0 Å². The van der Waals surface area contributed by atoms with Gasteiger partial charge in [-0.2, -0.15) is 0 Å². The van der Waals surface area contributed by atoms with E-state index in [-0.39, 0.29) is 16.6 Å². The molecule has 1 nitrogen and oxygen atoms in total. The molecule has 0 atom stereocenters. The first-order chi connectivity index (χ1) is 8.91. The average Bonchev–Trinajstić information content (AvgIpc) is 2.31. The summed E-state index contributed by atoms with van der Waals surface area (Å²) >= 11 is 12.0. The van der Waals surface area contributed by atoms with Crippen molar-refractivity contribution >= 4 is 29.0 Å². The van der Waals surface area contributed by atoms with Crippen LogP contribution in [0.4, 0.5) is 4.39 Å². The highest BCUT2D eigenvalue weighted by Gasteiger charge is 2.19. The number of carbonyl (C=O) groups excluding carboxylic acids is 1. The van der Waals surface area contributed by atoms with Crippen molar-refractivity contribution in [1.82, 2.24) is 0 Å². The number of hydrogen-bond acceptors (Lipinski definition) is 1. The van der Waals surface area contributed by atoms with E-state index in [1.807, 2.05) is 0 Å². The molecule has 4 heteroatoms. The van der Waals surface area contributed by atoms with Crippen molar-refractivity contribution in [3.05, 3.63) is 68.4 Å². The molecule has 0 radical (unpaired) electrons. The molecule has 0 N–H and O–H groups in total. The van der Waals surface area contributed by atoms with Crippen molar-refractivity contribution in [3.63, 3.8) is 0 Å². The smallest absolute Gasteiger partial charge is 0.195 e. The van der Waals surface area contributed by atoms with Gasteiger partial charge in [-0.1, -0.05) is 29.3 Å². The summed E-state index contributed by atoms with van der Waals surface area (Å²) in [4.78, 5) is 12.5. The van der Waals surface area contributed by atoms with Crippen LogP contribution >= 0.6 is 23.2 Å². The Bertz CT molecular complexity index is 642. The van der Waals surface area contributed by atoms with Gasteiger partial charge in [0.25, 0.3) is 0 Å². The lowest BCUT2D eigenvalue weighted by Gasteiger charge is -2.11. The van der Waals surface area contributed by atoms with Crippen LogP contribution < -0.4 is 0 Å². The van der Waals surface area contributed by atoms with Crippen LogP contribution in [0.15, 0.2) is 30.3 Å². The van der Waals surface area contributed by atoms with Gasteiger partial charge in [-0.25, -0.2) is 4.39 Å². The van der Waals surface area contributed by atoms with Gasteiger partial charge >= 0.3 is 0 Å². The lowest BCUT2D eigenvalue weighted by atomic mass is 9.94. The highest BCUT2D eigenvalue weighted by atomic mass is 35.5. The number of benzene rings is 2. The van der Waals surface area contributed by atoms with Gasteiger partial charge in [-0.15, -0.1) is 0 Å². The van der Waals surface area contributed by atoms with Gasteiger partial charge in [0, 0.05) is 11.1 Å². The first-order valence-electron chi connectivity index (χ1n) is 5.67. The van der Waals surface area contributed by atoms with Crippen molar-refractivity contribution in [3.8, 4) is 0 Å². The molecule has 0 bridgehead atoms. The van der Waals surface area contributed by atoms with E-state index in [4.69, 9.17) is 23.2 Å². The van der Waals surface area contributed by atoms with Crippen LogP contribution in [0.25, 0.3) is 0 Å². The van der Waals surface area contributed by atoms with E-state index in [1.54, 1.807) is 32.0 Å². The lowest BCUT2D eigenvalue weighted by molar-refractivity contribution is 0.103. The summed E-state index contributed by atoms with van der Waals surface area (Å²) in [6.07, 6.45) is 0. The Morgan fingerprint density at radius 2 is 1.68 bits per heavy atom. The average molecular weight is 297 g/mol. The molecule has 0 spiro atoms. The van der Waals surface area contributed by atoms with Crippen LogP contribution in [0.1, 0.15) is 27.0 Å². The predicted molar refractivity (Wildman–Crippen MR) is 75.8 cm³/mol. The maximum atomic E-state index is 13.3. The molecule has 0 aromatic heterocycles. The van der Waals surface area contributed by atoms with Crippen molar-refractivity contribution in [1.29, 1.82) is 0 Å².